The number of hydrogen-bond acceptors (Lipinski definition) is 4. The molecule has 28 heavy (non-hydrogen) atoms. The molecule has 2 aliphatic rings. The third-order valence-corrected chi connectivity index (χ3v) is 5.15. The van der Waals surface area contributed by atoms with Gasteiger partial charge >= 0.3 is 0 Å². The largest absolute Gasteiger partial charge is 0.486 e. The summed E-state index contributed by atoms with van der Waals surface area (Å²) in [4.78, 5) is 17.8. The number of amides is 1. The van der Waals surface area contributed by atoms with Gasteiger partial charge in [-0.15, -0.1) is 24.0 Å². The van der Waals surface area contributed by atoms with Crippen LogP contribution in [0.15, 0.2) is 17.1 Å². The number of primary amides is 1. The maximum Gasteiger partial charge on any atom is 0.217 e. The Morgan fingerprint density at radius 3 is 2.93 bits per heavy atom. The van der Waals surface area contributed by atoms with Crippen LogP contribution < -0.4 is 20.5 Å². The molecule has 0 bridgehead atoms. The van der Waals surface area contributed by atoms with Crippen LogP contribution in [0.4, 0.5) is 0 Å². The molecule has 3 rings (SSSR count). The highest BCUT2D eigenvalue weighted by molar-refractivity contribution is 14.0. The van der Waals surface area contributed by atoms with E-state index in [0.717, 1.165) is 50.4 Å². The van der Waals surface area contributed by atoms with Gasteiger partial charge in [-0.3, -0.25) is 9.79 Å². The van der Waals surface area contributed by atoms with Gasteiger partial charge in [0.05, 0.1) is 5.02 Å². The third-order valence-electron chi connectivity index (χ3n) is 4.87. The number of nitrogens with one attached hydrogen (secondary N) is 1. The molecule has 3 N–H and O–H groups in total. The van der Waals surface area contributed by atoms with Crippen molar-refractivity contribution in [2.75, 3.05) is 39.9 Å². The molecule has 1 saturated heterocycles. The molecule has 9 heteroatoms. The zero-order chi connectivity index (χ0) is 19.2. The monoisotopic (exact) mass is 522 g/mol. The van der Waals surface area contributed by atoms with Crippen LogP contribution >= 0.6 is 35.6 Å². The Labute approximate surface area is 188 Å². The predicted molar refractivity (Wildman–Crippen MR) is 121 cm³/mol. The number of fused-ring (bicyclic) bond motifs is 1. The molecule has 1 aromatic carbocycles. The minimum atomic E-state index is -0.236. The molecular weight excluding hydrogens is 495 g/mol. The van der Waals surface area contributed by atoms with E-state index < -0.39 is 0 Å². The Kier molecular flexibility index (Phi) is 8.94. The second kappa shape index (κ2) is 10.9. The van der Waals surface area contributed by atoms with Crippen LogP contribution in [0, 0.1) is 5.92 Å². The van der Waals surface area contributed by atoms with Gasteiger partial charge in [0.15, 0.2) is 17.5 Å². The smallest absolute Gasteiger partial charge is 0.217 e. The molecule has 0 radical (unpaired) electrons. The lowest BCUT2D eigenvalue weighted by Crippen LogP contribution is -2.47. The molecule has 1 fully saturated rings. The summed E-state index contributed by atoms with van der Waals surface area (Å²) >= 11 is 6.30. The molecule has 1 aromatic rings. The minimum Gasteiger partial charge on any atom is -0.486 e. The van der Waals surface area contributed by atoms with Crippen molar-refractivity contribution in [3.63, 3.8) is 0 Å². The highest BCUT2D eigenvalue weighted by atomic mass is 127. The van der Waals surface area contributed by atoms with Gasteiger partial charge in [-0.05, 0) is 42.9 Å². The first kappa shape index (κ1) is 22.9. The summed E-state index contributed by atoms with van der Waals surface area (Å²) < 4.78 is 11.2. The number of rotatable bonds is 5. The van der Waals surface area contributed by atoms with E-state index in [2.05, 4.69) is 15.2 Å². The SMILES string of the molecule is CN=C(NCCc1cc(Cl)c2c(c1)OCCO2)N1CCCC(CC(N)=O)C1.I. The number of carbonyl (C=O) groups excluding carboxylic acids is 1. The Bertz CT molecular complexity index is 717. The summed E-state index contributed by atoms with van der Waals surface area (Å²) in [5.74, 6) is 2.25. The summed E-state index contributed by atoms with van der Waals surface area (Å²) in [5, 5.41) is 3.99. The van der Waals surface area contributed by atoms with Gasteiger partial charge in [-0.1, -0.05) is 11.6 Å². The normalized spacial score (nSPS) is 19.0. The molecule has 7 nitrogen and oxygen atoms in total. The van der Waals surface area contributed by atoms with Gasteiger partial charge in [-0.25, -0.2) is 0 Å². The van der Waals surface area contributed by atoms with Crippen LogP contribution in [0.2, 0.25) is 5.02 Å². The maximum atomic E-state index is 11.2. The van der Waals surface area contributed by atoms with Gasteiger partial charge in [0.2, 0.25) is 5.91 Å². The van der Waals surface area contributed by atoms with Crippen molar-refractivity contribution < 1.29 is 14.3 Å². The molecule has 0 aromatic heterocycles. The van der Waals surface area contributed by atoms with Crippen molar-refractivity contribution in [1.29, 1.82) is 0 Å². The van der Waals surface area contributed by atoms with Crippen LogP contribution in [-0.2, 0) is 11.2 Å². The van der Waals surface area contributed by atoms with E-state index in [1.165, 1.54) is 0 Å². The first-order chi connectivity index (χ1) is 13.1. The summed E-state index contributed by atoms with van der Waals surface area (Å²) in [7, 11) is 1.78. The number of nitrogens with zero attached hydrogens (tertiary/aromatic N) is 2. The topological polar surface area (TPSA) is 89.2 Å². The van der Waals surface area contributed by atoms with Crippen molar-refractivity contribution in [1.82, 2.24) is 10.2 Å². The Morgan fingerprint density at radius 1 is 1.39 bits per heavy atom. The summed E-state index contributed by atoms with van der Waals surface area (Å²) in [6.45, 7) is 3.53. The Balaban J connectivity index is 0.00000280. The van der Waals surface area contributed by atoms with Crippen molar-refractivity contribution in [3.05, 3.63) is 22.7 Å². The van der Waals surface area contributed by atoms with Crippen LogP contribution in [0.3, 0.4) is 0 Å². The lowest BCUT2D eigenvalue weighted by atomic mass is 9.95. The molecule has 2 heterocycles. The molecule has 156 valence electrons. The van der Waals surface area contributed by atoms with E-state index in [4.69, 9.17) is 26.8 Å². The minimum absolute atomic E-state index is 0. The fraction of sp³-hybridized carbons (Fsp3) is 0.579. The molecule has 1 unspecified atom stereocenters. The number of ether oxygens (including phenoxy) is 2. The number of carbonyl (C=O) groups is 1. The molecular formula is C19H28ClIN4O3. The van der Waals surface area contributed by atoms with Crippen molar-refractivity contribution in [2.45, 2.75) is 25.7 Å². The molecule has 0 aliphatic carbocycles. The highest BCUT2D eigenvalue weighted by Crippen LogP contribution is 2.38. The van der Waals surface area contributed by atoms with Crippen LogP contribution in [0.1, 0.15) is 24.8 Å². The zero-order valence-corrected chi connectivity index (χ0v) is 19.2. The number of benzene rings is 1. The quantitative estimate of drug-likeness (QED) is 0.352. The second-order valence-corrected chi connectivity index (χ2v) is 7.36. The first-order valence-electron chi connectivity index (χ1n) is 9.38. The van der Waals surface area contributed by atoms with Crippen molar-refractivity contribution in [2.24, 2.45) is 16.6 Å². The van der Waals surface area contributed by atoms with Gasteiger partial charge in [0.25, 0.3) is 0 Å². The number of halogens is 2. The number of hydrogen-bond donors (Lipinski definition) is 2. The molecule has 0 spiro atoms. The third kappa shape index (κ3) is 6.04. The average molecular weight is 523 g/mol. The van der Waals surface area contributed by atoms with Crippen molar-refractivity contribution in [3.8, 4) is 11.5 Å². The van der Waals surface area contributed by atoms with E-state index in [1.54, 1.807) is 7.05 Å². The highest BCUT2D eigenvalue weighted by Gasteiger charge is 2.23. The molecule has 1 amide bonds. The fourth-order valence-electron chi connectivity index (χ4n) is 3.67. The van der Waals surface area contributed by atoms with E-state index in [-0.39, 0.29) is 29.9 Å². The lowest BCUT2D eigenvalue weighted by Gasteiger charge is -2.34. The summed E-state index contributed by atoms with van der Waals surface area (Å²) in [6.07, 6.45) is 3.29. The van der Waals surface area contributed by atoms with E-state index in [1.807, 2.05) is 12.1 Å². The molecule has 2 aliphatic heterocycles. The standard InChI is InChI=1S/C19H27ClN4O3.HI/c1-22-19(24-6-2-3-14(12-24)11-17(21)25)23-5-4-13-9-15(20)18-16(10-13)26-7-8-27-18;/h9-10,14H,2-8,11-12H2,1H3,(H2,21,25)(H,22,23);1H. The fourth-order valence-corrected chi connectivity index (χ4v) is 3.96. The average Bonchev–Trinajstić information content (AvgIpc) is 2.65. The number of guanidine groups is 1. The van der Waals surface area contributed by atoms with Crippen LogP contribution in [0.5, 0.6) is 11.5 Å². The van der Waals surface area contributed by atoms with Gasteiger partial charge < -0.3 is 25.4 Å². The second-order valence-electron chi connectivity index (χ2n) is 6.95. The maximum absolute atomic E-state index is 11.2. The molecule has 1 atom stereocenters. The van der Waals surface area contributed by atoms with E-state index in [9.17, 15) is 4.79 Å². The Morgan fingerprint density at radius 2 is 2.18 bits per heavy atom. The zero-order valence-electron chi connectivity index (χ0n) is 16.1. The number of likely N-dealkylation sites (tertiary alicyclic amines) is 1. The van der Waals surface area contributed by atoms with Gasteiger partial charge in [0.1, 0.15) is 13.2 Å². The van der Waals surface area contributed by atoms with E-state index in [0.29, 0.717) is 42.1 Å². The van der Waals surface area contributed by atoms with Gasteiger partial charge in [0, 0.05) is 33.1 Å². The predicted octanol–water partition coefficient (Wildman–Crippen LogP) is 2.43. The summed E-state index contributed by atoms with van der Waals surface area (Å²) in [6, 6.07) is 3.90. The number of nitrogens with two attached hydrogens (primary N) is 1. The number of piperidine rings is 1. The lowest BCUT2D eigenvalue weighted by molar-refractivity contribution is -0.119. The van der Waals surface area contributed by atoms with Gasteiger partial charge in [-0.2, -0.15) is 0 Å². The van der Waals surface area contributed by atoms with E-state index >= 15 is 0 Å². The first-order valence-corrected chi connectivity index (χ1v) is 9.76. The van der Waals surface area contributed by atoms with Crippen LogP contribution in [0.25, 0.3) is 0 Å². The Hall–Kier alpha value is -1.42. The van der Waals surface area contributed by atoms with Crippen molar-refractivity contribution >= 4 is 47.4 Å². The van der Waals surface area contributed by atoms with Crippen LogP contribution in [-0.4, -0.2) is 56.7 Å². The summed E-state index contributed by atoms with van der Waals surface area (Å²) in [5.41, 5.74) is 6.43. The molecule has 0 saturated carbocycles. The number of aliphatic imine (C=N–C) groups is 1.